The lowest BCUT2D eigenvalue weighted by molar-refractivity contribution is 0.108. The van der Waals surface area contributed by atoms with Crippen LogP contribution in [0.1, 0.15) is 17.2 Å². The van der Waals surface area contributed by atoms with Crippen LogP contribution in [0.5, 0.6) is 0 Å². The number of nitrogens with one attached hydrogen (secondary N) is 1. The van der Waals surface area contributed by atoms with Crippen LogP contribution in [0.25, 0.3) is 5.82 Å². The Morgan fingerprint density at radius 2 is 2.00 bits per heavy atom. The number of likely N-dealkylation sites (N-methyl/N-ethyl adjacent to an activating group) is 1. The SMILES string of the molecule is CN1CCN(C(=O)NCc2ccnc(-n3cccn3)c2)C(c2ccccc2)C1. The molecule has 2 aromatic heterocycles. The standard InChI is InChI=1S/C21H24N6O/c1-25-12-13-26(19(16-25)18-6-3-2-4-7-18)21(28)23-15-17-8-10-22-20(14-17)27-11-5-9-24-27/h2-11,14,19H,12-13,15-16H2,1H3,(H,23,28). The van der Waals surface area contributed by atoms with E-state index in [1.54, 1.807) is 17.1 Å². The van der Waals surface area contributed by atoms with Crippen molar-refractivity contribution in [3.63, 3.8) is 0 Å². The van der Waals surface area contributed by atoms with Gasteiger partial charge in [0.25, 0.3) is 0 Å². The summed E-state index contributed by atoms with van der Waals surface area (Å²) in [6, 6.07) is 15.9. The Morgan fingerprint density at radius 1 is 1.14 bits per heavy atom. The van der Waals surface area contributed by atoms with Gasteiger partial charge < -0.3 is 15.1 Å². The van der Waals surface area contributed by atoms with Gasteiger partial charge in [0.15, 0.2) is 5.82 Å². The van der Waals surface area contributed by atoms with Crippen LogP contribution in [0.2, 0.25) is 0 Å². The molecule has 3 heterocycles. The van der Waals surface area contributed by atoms with Crippen LogP contribution in [0.3, 0.4) is 0 Å². The third kappa shape index (κ3) is 4.04. The van der Waals surface area contributed by atoms with Gasteiger partial charge in [-0.15, -0.1) is 0 Å². The fraction of sp³-hybridized carbons (Fsp3) is 0.286. The van der Waals surface area contributed by atoms with Crippen molar-refractivity contribution in [3.05, 3.63) is 78.2 Å². The minimum absolute atomic E-state index is 0.0422. The molecule has 1 N–H and O–H groups in total. The van der Waals surface area contributed by atoms with E-state index in [-0.39, 0.29) is 12.1 Å². The molecular formula is C21H24N6O. The molecule has 4 rings (SSSR count). The van der Waals surface area contributed by atoms with Gasteiger partial charge in [0.2, 0.25) is 0 Å². The van der Waals surface area contributed by atoms with Gasteiger partial charge >= 0.3 is 6.03 Å². The highest BCUT2D eigenvalue weighted by Gasteiger charge is 2.30. The molecule has 1 atom stereocenters. The maximum Gasteiger partial charge on any atom is 0.318 e. The Morgan fingerprint density at radius 3 is 2.79 bits per heavy atom. The Balaban J connectivity index is 1.45. The molecule has 0 radical (unpaired) electrons. The summed E-state index contributed by atoms with van der Waals surface area (Å²) in [4.78, 5) is 21.5. The van der Waals surface area contributed by atoms with Crippen molar-refractivity contribution in [2.24, 2.45) is 0 Å². The summed E-state index contributed by atoms with van der Waals surface area (Å²) in [6.07, 6.45) is 5.30. The predicted molar refractivity (Wildman–Crippen MR) is 107 cm³/mol. The zero-order valence-corrected chi connectivity index (χ0v) is 15.9. The molecule has 0 aliphatic carbocycles. The van der Waals surface area contributed by atoms with E-state index in [4.69, 9.17) is 0 Å². The van der Waals surface area contributed by atoms with Gasteiger partial charge in [-0.25, -0.2) is 14.5 Å². The fourth-order valence-corrected chi connectivity index (χ4v) is 3.50. The average Bonchev–Trinajstić information content (AvgIpc) is 3.28. The fourth-order valence-electron chi connectivity index (χ4n) is 3.50. The molecule has 0 spiro atoms. The molecule has 144 valence electrons. The van der Waals surface area contributed by atoms with Crippen molar-refractivity contribution in [3.8, 4) is 5.82 Å². The summed E-state index contributed by atoms with van der Waals surface area (Å²) < 4.78 is 1.71. The highest BCUT2D eigenvalue weighted by molar-refractivity contribution is 5.75. The van der Waals surface area contributed by atoms with Gasteiger partial charge in [-0.1, -0.05) is 30.3 Å². The number of hydrogen-bond acceptors (Lipinski definition) is 4. The minimum atomic E-state index is -0.0422. The van der Waals surface area contributed by atoms with Crippen LogP contribution in [0.4, 0.5) is 4.79 Å². The zero-order valence-electron chi connectivity index (χ0n) is 15.9. The molecule has 1 aliphatic heterocycles. The van der Waals surface area contributed by atoms with Gasteiger partial charge in [0.1, 0.15) is 0 Å². The molecular weight excluding hydrogens is 352 g/mol. The van der Waals surface area contributed by atoms with E-state index >= 15 is 0 Å². The van der Waals surface area contributed by atoms with Crippen LogP contribution < -0.4 is 5.32 Å². The predicted octanol–water partition coefficient (Wildman–Crippen LogP) is 2.47. The van der Waals surface area contributed by atoms with E-state index in [9.17, 15) is 4.79 Å². The zero-order chi connectivity index (χ0) is 19.3. The molecule has 7 nitrogen and oxygen atoms in total. The smallest absolute Gasteiger partial charge is 0.318 e. The summed E-state index contributed by atoms with van der Waals surface area (Å²) in [5.74, 6) is 0.735. The first kappa shape index (κ1) is 18.2. The monoisotopic (exact) mass is 376 g/mol. The first-order valence-corrected chi connectivity index (χ1v) is 9.43. The quantitative estimate of drug-likeness (QED) is 0.760. The normalized spacial score (nSPS) is 17.5. The number of urea groups is 1. The van der Waals surface area contributed by atoms with E-state index in [2.05, 4.69) is 39.5 Å². The maximum atomic E-state index is 12.9. The van der Waals surface area contributed by atoms with E-state index in [0.29, 0.717) is 13.1 Å². The lowest BCUT2D eigenvalue weighted by Crippen LogP contribution is -2.52. The molecule has 1 fully saturated rings. The van der Waals surface area contributed by atoms with Gasteiger partial charge in [0, 0.05) is 44.8 Å². The van der Waals surface area contributed by atoms with E-state index in [1.165, 1.54) is 0 Å². The van der Waals surface area contributed by atoms with Crippen molar-refractivity contribution in [2.45, 2.75) is 12.6 Å². The average molecular weight is 376 g/mol. The number of carbonyl (C=O) groups excluding carboxylic acids is 1. The highest BCUT2D eigenvalue weighted by atomic mass is 16.2. The summed E-state index contributed by atoms with van der Waals surface area (Å²) in [5, 5.41) is 7.27. The van der Waals surface area contributed by atoms with Crippen molar-refractivity contribution < 1.29 is 4.79 Å². The molecule has 1 aliphatic rings. The van der Waals surface area contributed by atoms with Crippen molar-refractivity contribution in [2.75, 3.05) is 26.7 Å². The molecule has 1 saturated heterocycles. The number of hydrogen-bond donors (Lipinski definition) is 1. The number of rotatable bonds is 4. The molecule has 1 aromatic carbocycles. The first-order chi connectivity index (χ1) is 13.7. The summed E-state index contributed by atoms with van der Waals surface area (Å²) in [5.41, 5.74) is 2.15. The third-order valence-electron chi connectivity index (χ3n) is 5.02. The van der Waals surface area contributed by atoms with Gasteiger partial charge in [0.05, 0.1) is 6.04 Å². The van der Waals surface area contributed by atoms with Crippen molar-refractivity contribution in [1.82, 2.24) is 29.9 Å². The molecule has 2 amide bonds. The molecule has 3 aromatic rings. The molecule has 0 bridgehead atoms. The first-order valence-electron chi connectivity index (χ1n) is 9.43. The molecule has 1 unspecified atom stereocenters. The van der Waals surface area contributed by atoms with Crippen LogP contribution in [-0.2, 0) is 6.54 Å². The highest BCUT2D eigenvalue weighted by Crippen LogP contribution is 2.24. The third-order valence-corrected chi connectivity index (χ3v) is 5.02. The number of amides is 2. The molecule has 0 saturated carbocycles. The number of piperazine rings is 1. The van der Waals surface area contributed by atoms with Crippen molar-refractivity contribution in [1.29, 1.82) is 0 Å². The van der Waals surface area contributed by atoms with E-state index < -0.39 is 0 Å². The van der Waals surface area contributed by atoms with Crippen LogP contribution in [0.15, 0.2) is 67.1 Å². The number of benzene rings is 1. The van der Waals surface area contributed by atoms with Crippen LogP contribution in [0, 0.1) is 0 Å². The maximum absolute atomic E-state index is 12.9. The van der Waals surface area contributed by atoms with E-state index in [0.717, 1.165) is 30.0 Å². The largest absolute Gasteiger partial charge is 0.334 e. The number of aromatic nitrogens is 3. The number of nitrogens with zero attached hydrogens (tertiary/aromatic N) is 5. The van der Waals surface area contributed by atoms with Gasteiger partial charge in [-0.05, 0) is 36.4 Å². The number of pyridine rings is 1. The summed E-state index contributed by atoms with van der Waals surface area (Å²) >= 11 is 0. The van der Waals surface area contributed by atoms with Crippen molar-refractivity contribution >= 4 is 6.03 Å². The lowest BCUT2D eigenvalue weighted by atomic mass is 10.0. The van der Waals surface area contributed by atoms with Gasteiger partial charge in [-0.2, -0.15) is 5.10 Å². The minimum Gasteiger partial charge on any atom is -0.334 e. The Bertz CT molecular complexity index is 912. The van der Waals surface area contributed by atoms with Crippen LogP contribution >= 0.6 is 0 Å². The molecule has 28 heavy (non-hydrogen) atoms. The second-order valence-corrected chi connectivity index (χ2v) is 7.01. The van der Waals surface area contributed by atoms with Gasteiger partial charge in [-0.3, -0.25) is 0 Å². The topological polar surface area (TPSA) is 66.3 Å². The lowest BCUT2D eigenvalue weighted by Gasteiger charge is -2.40. The Kier molecular flexibility index (Phi) is 5.34. The van der Waals surface area contributed by atoms with Crippen LogP contribution in [-0.4, -0.2) is 57.3 Å². The molecule has 7 heteroatoms. The second kappa shape index (κ2) is 8.22. The second-order valence-electron chi connectivity index (χ2n) is 7.01. The number of carbonyl (C=O) groups is 1. The van der Waals surface area contributed by atoms with E-state index in [1.807, 2.05) is 47.5 Å². The summed E-state index contributed by atoms with van der Waals surface area (Å²) in [6.45, 7) is 2.85. The Hall–Kier alpha value is -3.19. The summed E-state index contributed by atoms with van der Waals surface area (Å²) in [7, 11) is 2.10. The Labute approximate surface area is 164 Å².